The molecular weight excluding hydrogens is 258 g/mol. The van der Waals surface area contributed by atoms with Gasteiger partial charge in [0.15, 0.2) is 0 Å². The maximum atomic E-state index is 4.49. The fourth-order valence-electron chi connectivity index (χ4n) is 3.79. The molecule has 1 aromatic carbocycles. The number of para-hydroxylation sites is 1. The third kappa shape index (κ3) is 2.34. The van der Waals surface area contributed by atoms with Crippen LogP contribution in [0.3, 0.4) is 0 Å². The van der Waals surface area contributed by atoms with Crippen molar-refractivity contribution in [2.45, 2.75) is 31.8 Å². The lowest BCUT2D eigenvalue weighted by atomic mass is 9.90. The largest absolute Gasteiger partial charge is 0.314 e. The first-order chi connectivity index (χ1) is 10.3. The molecule has 0 radical (unpaired) electrons. The number of aromatic nitrogens is 1. The van der Waals surface area contributed by atoms with E-state index >= 15 is 0 Å². The molecule has 21 heavy (non-hydrogen) atoms. The third-order valence-corrected chi connectivity index (χ3v) is 5.32. The van der Waals surface area contributed by atoms with E-state index in [2.05, 4.69) is 52.5 Å². The Hall–Kier alpha value is -1.45. The van der Waals surface area contributed by atoms with E-state index < -0.39 is 0 Å². The SMILES string of the molecule is CC1(C2CC2)CNCCN1Cc1ccnc2ccccc12. The van der Waals surface area contributed by atoms with Crippen molar-refractivity contribution < 1.29 is 0 Å². The highest BCUT2D eigenvalue weighted by atomic mass is 15.3. The molecule has 2 aromatic rings. The number of rotatable bonds is 3. The summed E-state index contributed by atoms with van der Waals surface area (Å²) in [6.07, 6.45) is 4.74. The second kappa shape index (κ2) is 5.08. The summed E-state index contributed by atoms with van der Waals surface area (Å²) in [5.74, 6) is 0.874. The molecule has 2 aliphatic rings. The molecule has 110 valence electrons. The van der Waals surface area contributed by atoms with Gasteiger partial charge in [0.1, 0.15) is 0 Å². The van der Waals surface area contributed by atoms with Crippen molar-refractivity contribution >= 4 is 10.9 Å². The molecule has 0 bridgehead atoms. The normalized spacial score (nSPS) is 27.1. The summed E-state index contributed by atoms with van der Waals surface area (Å²) in [7, 11) is 0. The lowest BCUT2D eigenvalue weighted by molar-refractivity contribution is 0.0488. The van der Waals surface area contributed by atoms with Crippen LogP contribution in [0.5, 0.6) is 0 Å². The van der Waals surface area contributed by atoms with Crippen molar-refractivity contribution in [1.82, 2.24) is 15.2 Å². The lowest BCUT2D eigenvalue weighted by Gasteiger charge is -2.46. The highest BCUT2D eigenvalue weighted by molar-refractivity contribution is 5.81. The smallest absolute Gasteiger partial charge is 0.0705 e. The third-order valence-electron chi connectivity index (χ3n) is 5.32. The Labute approximate surface area is 126 Å². The standard InChI is InChI=1S/C18H23N3/c1-18(15-6-7-15)13-19-10-11-21(18)12-14-8-9-20-17-5-3-2-4-16(14)17/h2-5,8-9,15,19H,6-7,10-13H2,1H3. The van der Waals surface area contributed by atoms with Crippen LogP contribution in [0.1, 0.15) is 25.3 Å². The van der Waals surface area contributed by atoms with Gasteiger partial charge in [-0.15, -0.1) is 0 Å². The molecule has 1 aromatic heterocycles. The minimum absolute atomic E-state index is 0.322. The summed E-state index contributed by atoms with van der Waals surface area (Å²) >= 11 is 0. The summed E-state index contributed by atoms with van der Waals surface area (Å²) in [5, 5.41) is 4.90. The highest BCUT2D eigenvalue weighted by Crippen LogP contribution is 2.44. The van der Waals surface area contributed by atoms with E-state index in [1.807, 2.05) is 6.20 Å². The fraction of sp³-hybridized carbons (Fsp3) is 0.500. The van der Waals surface area contributed by atoms with Crippen LogP contribution in [-0.4, -0.2) is 35.1 Å². The van der Waals surface area contributed by atoms with Gasteiger partial charge >= 0.3 is 0 Å². The Morgan fingerprint density at radius 1 is 1.29 bits per heavy atom. The van der Waals surface area contributed by atoms with Crippen LogP contribution >= 0.6 is 0 Å². The molecule has 1 unspecified atom stereocenters. The summed E-state index contributed by atoms with van der Waals surface area (Å²) < 4.78 is 0. The Morgan fingerprint density at radius 2 is 2.14 bits per heavy atom. The Balaban J connectivity index is 1.67. The monoisotopic (exact) mass is 281 g/mol. The van der Waals surface area contributed by atoms with Gasteiger partial charge in [0, 0.05) is 43.3 Å². The average Bonchev–Trinajstić information content (AvgIpc) is 3.35. The quantitative estimate of drug-likeness (QED) is 0.937. The van der Waals surface area contributed by atoms with Crippen LogP contribution in [-0.2, 0) is 6.54 Å². The molecule has 3 nitrogen and oxygen atoms in total. The zero-order valence-electron chi connectivity index (χ0n) is 12.7. The van der Waals surface area contributed by atoms with E-state index in [4.69, 9.17) is 0 Å². The number of nitrogens with one attached hydrogen (secondary N) is 1. The Kier molecular flexibility index (Phi) is 3.20. The average molecular weight is 281 g/mol. The van der Waals surface area contributed by atoms with Gasteiger partial charge in [0.25, 0.3) is 0 Å². The molecule has 1 atom stereocenters. The van der Waals surface area contributed by atoms with Crippen LogP contribution in [0.2, 0.25) is 0 Å². The number of hydrogen-bond acceptors (Lipinski definition) is 3. The highest BCUT2D eigenvalue weighted by Gasteiger charge is 2.46. The summed E-state index contributed by atoms with van der Waals surface area (Å²) in [6.45, 7) is 6.85. The molecule has 1 aliphatic heterocycles. The summed E-state index contributed by atoms with van der Waals surface area (Å²) in [4.78, 5) is 7.19. The molecule has 2 fully saturated rings. The summed E-state index contributed by atoms with van der Waals surface area (Å²) in [6, 6.07) is 10.7. The van der Waals surface area contributed by atoms with Crippen LogP contribution < -0.4 is 5.32 Å². The van der Waals surface area contributed by atoms with Gasteiger partial charge in [-0.05, 0) is 43.4 Å². The molecule has 2 heterocycles. The van der Waals surface area contributed by atoms with Gasteiger partial charge in [0.05, 0.1) is 5.52 Å². The molecule has 0 amide bonds. The second-order valence-electron chi connectivity index (χ2n) is 6.72. The van der Waals surface area contributed by atoms with Crippen LogP contribution in [0, 0.1) is 5.92 Å². The van der Waals surface area contributed by atoms with E-state index in [1.165, 1.54) is 23.8 Å². The number of pyridine rings is 1. The molecule has 1 N–H and O–H groups in total. The predicted molar refractivity (Wildman–Crippen MR) is 86.2 cm³/mol. The van der Waals surface area contributed by atoms with Crippen molar-refractivity contribution in [2.75, 3.05) is 19.6 Å². The van der Waals surface area contributed by atoms with Gasteiger partial charge in [-0.2, -0.15) is 0 Å². The van der Waals surface area contributed by atoms with E-state index in [9.17, 15) is 0 Å². The lowest BCUT2D eigenvalue weighted by Crippen LogP contribution is -2.60. The number of hydrogen-bond donors (Lipinski definition) is 1. The minimum Gasteiger partial charge on any atom is -0.314 e. The van der Waals surface area contributed by atoms with Gasteiger partial charge in [-0.25, -0.2) is 0 Å². The van der Waals surface area contributed by atoms with Gasteiger partial charge in [-0.3, -0.25) is 9.88 Å². The molecule has 4 rings (SSSR count). The first-order valence-electron chi connectivity index (χ1n) is 8.06. The molecule has 1 saturated heterocycles. The first-order valence-corrected chi connectivity index (χ1v) is 8.06. The molecule has 1 aliphatic carbocycles. The number of nitrogens with zero attached hydrogens (tertiary/aromatic N) is 2. The van der Waals surface area contributed by atoms with Crippen molar-refractivity contribution in [3.05, 3.63) is 42.1 Å². The fourth-order valence-corrected chi connectivity index (χ4v) is 3.79. The number of benzene rings is 1. The van der Waals surface area contributed by atoms with E-state index in [0.717, 1.165) is 37.6 Å². The predicted octanol–water partition coefficient (Wildman–Crippen LogP) is 2.81. The van der Waals surface area contributed by atoms with E-state index in [0.29, 0.717) is 5.54 Å². The minimum atomic E-state index is 0.322. The van der Waals surface area contributed by atoms with Crippen LogP contribution in [0.4, 0.5) is 0 Å². The molecule has 0 spiro atoms. The molecule has 3 heteroatoms. The van der Waals surface area contributed by atoms with Crippen LogP contribution in [0.25, 0.3) is 10.9 Å². The van der Waals surface area contributed by atoms with Gasteiger partial charge in [0.2, 0.25) is 0 Å². The topological polar surface area (TPSA) is 28.2 Å². The van der Waals surface area contributed by atoms with Gasteiger partial charge < -0.3 is 5.32 Å². The second-order valence-corrected chi connectivity index (χ2v) is 6.72. The maximum absolute atomic E-state index is 4.49. The van der Waals surface area contributed by atoms with E-state index in [1.54, 1.807) is 0 Å². The van der Waals surface area contributed by atoms with Crippen molar-refractivity contribution in [2.24, 2.45) is 5.92 Å². The van der Waals surface area contributed by atoms with Crippen LogP contribution in [0.15, 0.2) is 36.5 Å². The summed E-state index contributed by atoms with van der Waals surface area (Å²) in [5.41, 5.74) is 2.84. The van der Waals surface area contributed by atoms with Crippen molar-refractivity contribution in [1.29, 1.82) is 0 Å². The number of piperazine rings is 1. The molecule has 1 saturated carbocycles. The van der Waals surface area contributed by atoms with Crippen molar-refractivity contribution in [3.63, 3.8) is 0 Å². The first kappa shape index (κ1) is 13.2. The zero-order chi connectivity index (χ0) is 14.3. The zero-order valence-corrected chi connectivity index (χ0v) is 12.7. The number of fused-ring (bicyclic) bond motifs is 1. The van der Waals surface area contributed by atoms with Crippen molar-refractivity contribution in [3.8, 4) is 0 Å². The molecular formula is C18H23N3. The Morgan fingerprint density at radius 3 is 3.00 bits per heavy atom. The van der Waals surface area contributed by atoms with E-state index in [-0.39, 0.29) is 0 Å². The van der Waals surface area contributed by atoms with Gasteiger partial charge in [-0.1, -0.05) is 18.2 Å². The Bertz CT molecular complexity index is 644. The maximum Gasteiger partial charge on any atom is 0.0705 e.